The van der Waals surface area contributed by atoms with Gasteiger partial charge in [-0.1, -0.05) is 60.7 Å². The van der Waals surface area contributed by atoms with Gasteiger partial charge in [0.2, 0.25) is 0 Å². The normalized spacial score (nSPS) is 15.5. The molecule has 0 atom stereocenters. The van der Waals surface area contributed by atoms with E-state index in [1.54, 1.807) is 0 Å². The Kier molecular flexibility index (Phi) is 4.99. The molecular formula is C19H20FNO. The lowest BCUT2D eigenvalue weighted by Crippen LogP contribution is -2.37. The van der Waals surface area contributed by atoms with Gasteiger partial charge in [-0.2, -0.15) is 0 Å². The molecule has 1 fully saturated rings. The first kappa shape index (κ1) is 14.9. The molecule has 114 valence electrons. The predicted octanol–water partition coefficient (Wildman–Crippen LogP) is 3.75. The highest BCUT2D eigenvalue weighted by Crippen LogP contribution is 2.28. The lowest BCUT2D eigenvalue weighted by molar-refractivity contribution is 0.0402. The molecule has 22 heavy (non-hydrogen) atoms. The third-order valence-electron chi connectivity index (χ3n) is 3.86. The van der Waals surface area contributed by atoms with Crippen molar-refractivity contribution < 1.29 is 9.13 Å². The fourth-order valence-electron chi connectivity index (χ4n) is 2.72. The lowest BCUT2D eigenvalue weighted by Gasteiger charge is -2.26. The van der Waals surface area contributed by atoms with Crippen molar-refractivity contribution in [1.82, 2.24) is 4.90 Å². The van der Waals surface area contributed by atoms with Crippen LogP contribution in [-0.2, 0) is 4.74 Å². The number of ether oxygens (including phenoxy) is 1. The van der Waals surface area contributed by atoms with Gasteiger partial charge in [0.25, 0.3) is 0 Å². The molecule has 2 aromatic carbocycles. The maximum atomic E-state index is 15.0. The summed E-state index contributed by atoms with van der Waals surface area (Å²) in [6, 6.07) is 19.5. The van der Waals surface area contributed by atoms with E-state index in [2.05, 4.69) is 4.90 Å². The van der Waals surface area contributed by atoms with E-state index >= 15 is 4.39 Å². The van der Waals surface area contributed by atoms with Gasteiger partial charge < -0.3 is 4.74 Å². The van der Waals surface area contributed by atoms with Crippen LogP contribution in [0.4, 0.5) is 4.39 Å². The zero-order chi connectivity index (χ0) is 15.2. The van der Waals surface area contributed by atoms with Gasteiger partial charge in [-0.05, 0) is 11.1 Å². The highest BCUT2D eigenvalue weighted by molar-refractivity contribution is 5.81. The molecule has 0 saturated carbocycles. The molecule has 1 heterocycles. The molecule has 1 aliphatic rings. The Bertz CT molecular complexity index is 577. The summed E-state index contributed by atoms with van der Waals surface area (Å²) < 4.78 is 20.4. The summed E-state index contributed by atoms with van der Waals surface area (Å²) in [6.45, 7) is 3.26. The summed E-state index contributed by atoms with van der Waals surface area (Å²) in [5.41, 5.74) is 2.52. The van der Waals surface area contributed by atoms with Crippen molar-refractivity contribution >= 4 is 5.57 Å². The van der Waals surface area contributed by atoms with Crippen LogP contribution < -0.4 is 0 Å². The van der Waals surface area contributed by atoms with Crippen LogP contribution in [0.2, 0.25) is 0 Å². The lowest BCUT2D eigenvalue weighted by atomic mass is 9.97. The zero-order valence-corrected chi connectivity index (χ0v) is 12.5. The van der Waals surface area contributed by atoms with Crippen LogP contribution in [0.25, 0.3) is 5.57 Å². The number of morpholine rings is 1. The third-order valence-corrected chi connectivity index (χ3v) is 3.86. The monoisotopic (exact) mass is 297 g/mol. The van der Waals surface area contributed by atoms with Crippen LogP contribution in [0.15, 0.2) is 66.5 Å². The van der Waals surface area contributed by atoms with Crippen molar-refractivity contribution in [2.75, 3.05) is 32.8 Å². The molecule has 0 bridgehead atoms. The summed E-state index contributed by atoms with van der Waals surface area (Å²) in [6.07, 6.45) is 0. The van der Waals surface area contributed by atoms with E-state index in [0.717, 1.165) is 24.2 Å². The second kappa shape index (κ2) is 7.34. The van der Waals surface area contributed by atoms with Gasteiger partial charge in [0.1, 0.15) is 5.83 Å². The Balaban J connectivity index is 1.95. The van der Waals surface area contributed by atoms with Crippen LogP contribution in [0.3, 0.4) is 0 Å². The predicted molar refractivity (Wildman–Crippen MR) is 87.3 cm³/mol. The summed E-state index contributed by atoms with van der Waals surface area (Å²) >= 11 is 0. The minimum atomic E-state index is -0.0840. The molecule has 3 rings (SSSR count). The summed E-state index contributed by atoms with van der Waals surface area (Å²) in [5, 5.41) is 0. The van der Waals surface area contributed by atoms with Gasteiger partial charge in [-0.3, -0.25) is 4.90 Å². The molecule has 0 amide bonds. The fourth-order valence-corrected chi connectivity index (χ4v) is 2.72. The minimum Gasteiger partial charge on any atom is -0.379 e. The van der Waals surface area contributed by atoms with Gasteiger partial charge in [-0.15, -0.1) is 0 Å². The summed E-state index contributed by atoms with van der Waals surface area (Å²) in [5.74, 6) is -0.0840. The largest absolute Gasteiger partial charge is 0.379 e. The smallest absolute Gasteiger partial charge is 0.122 e. The Labute approximate surface area is 130 Å². The molecule has 1 aliphatic heterocycles. The standard InChI is InChI=1S/C19H20FNO/c20-18(15-21-11-13-22-14-12-21)19(16-7-3-1-4-8-16)17-9-5-2-6-10-17/h1-10H,11-15H2. The Hall–Kier alpha value is -1.97. The van der Waals surface area contributed by atoms with E-state index < -0.39 is 0 Å². The quantitative estimate of drug-likeness (QED) is 0.852. The first-order valence-electron chi connectivity index (χ1n) is 7.64. The van der Waals surface area contributed by atoms with Gasteiger partial charge >= 0.3 is 0 Å². The number of rotatable bonds is 4. The van der Waals surface area contributed by atoms with E-state index in [1.807, 2.05) is 60.7 Å². The second-order valence-corrected chi connectivity index (χ2v) is 5.40. The van der Waals surface area contributed by atoms with Crippen molar-refractivity contribution in [3.05, 3.63) is 77.6 Å². The van der Waals surface area contributed by atoms with Crippen molar-refractivity contribution in [2.24, 2.45) is 0 Å². The average molecular weight is 297 g/mol. The molecule has 2 nitrogen and oxygen atoms in total. The second-order valence-electron chi connectivity index (χ2n) is 5.40. The number of halogens is 1. The van der Waals surface area contributed by atoms with Gasteiger partial charge in [0.05, 0.1) is 19.8 Å². The molecule has 1 saturated heterocycles. The highest BCUT2D eigenvalue weighted by Gasteiger charge is 2.17. The van der Waals surface area contributed by atoms with Crippen LogP contribution in [-0.4, -0.2) is 37.7 Å². The maximum absolute atomic E-state index is 15.0. The minimum absolute atomic E-state index is 0.0840. The van der Waals surface area contributed by atoms with Crippen molar-refractivity contribution in [3.8, 4) is 0 Å². The third kappa shape index (κ3) is 3.62. The molecule has 3 heteroatoms. The molecule has 0 aromatic heterocycles. The molecule has 0 radical (unpaired) electrons. The number of hydrogen-bond acceptors (Lipinski definition) is 2. The molecule has 0 spiro atoms. The SMILES string of the molecule is FC(CN1CCOCC1)=C(c1ccccc1)c1ccccc1. The van der Waals surface area contributed by atoms with Crippen molar-refractivity contribution in [2.45, 2.75) is 0 Å². The first-order chi connectivity index (χ1) is 10.8. The van der Waals surface area contributed by atoms with E-state index in [9.17, 15) is 0 Å². The highest BCUT2D eigenvalue weighted by atomic mass is 19.1. The Morgan fingerprint density at radius 2 is 1.36 bits per heavy atom. The van der Waals surface area contributed by atoms with Crippen LogP contribution in [0.1, 0.15) is 11.1 Å². The average Bonchev–Trinajstić information content (AvgIpc) is 2.58. The van der Waals surface area contributed by atoms with Crippen molar-refractivity contribution in [1.29, 1.82) is 0 Å². The van der Waals surface area contributed by atoms with Gasteiger partial charge in [-0.25, -0.2) is 4.39 Å². The van der Waals surface area contributed by atoms with E-state index in [4.69, 9.17) is 4.74 Å². The number of hydrogen-bond donors (Lipinski definition) is 0. The van der Waals surface area contributed by atoms with Crippen LogP contribution in [0, 0.1) is 0 Å². The summed E-state index contributed by atoms with van der Waals surface area (Å²) in [7, 11) is 0. The molecule has 0 N–H and O–H groups in total. The van der Waals surface area contributed by atoms with Crippen LogP contribution in [0.5, 0.6) is 0 Å². The molecule has 0 unspecified atom stereocenters. The zero-order valence-electron chi connectivity index (χ0n) is 12.5. The first-order valence-corrected chi connectivity index (χ1v) is 7.64. The Morgan fingerprint density at radius 1 is 0.864 bits per heavy atom. The van der Waals surface area contributed by atoms with E-state index in [1.165, 1.54) is 0 Å². The summed E-state index contributed by atoms with van der Waals surface area (Å²) in [4.78, 5) is 2.10. The molecule has 2 aromatic rings. The maximum Gasteiger partial charge on any atom is 0.122 e. The topological polar surface area (TPSA) is 12.5 Å². The fraction of sp³-hybridized carbons (Fsp3) is 0.263. The van der Waals surface area contributed by atoms with Gasteiger partial charge in [0, 0.05) is 18.7 Å². The van der Waals surface area contributed by atoms with E-state index in [0.29, 0.717) is 25.3 Å². The molecule has 0 aliphatic carbocycles. The van der Waals surface area contributed by atoms with Gasteiger partial charge in [0.15, 0.2) is 0 Å². The number of nitrogens with zero attached hydrogens (tertiary/aromatic N) is 1. The number of benzene rings is 2. The van der Waals surface area contributed by atoms with Crippen LogP contribution >= 0.6 is 0 Å². The van der Waals surface area contributed by atoms with E-state index in [-0.39, 0.29) is 5.83 Å². The Morgan fingerprint density at radius 3 is 1.86 bits per heavy atom. The van der Waals surface area contributed by atoms with Crippen molar-refractivity contribution in [3.63, 3.8) is 0 Å². The molecular weight excluding hydrogens is 277 g/mol.